The van der Waals surface area contributed by atoms with E-state index in [2.05, 4.69) is 4.98 Å². The third-order valence-electron chi connectivity index (χ3n) is 2.60. The van der Waals surface area contributed by atoms with E-state index >= 15 is 0 Å². The van der Waals surface area contributed by atoms with Crippen LogP contribution in [-0.4, -0.2) is 22.7 Å². The maximum absolute atomic E-state index is 11.1. The summed E-state index contributed by atoms with van der Waals surface area (Å²) in [5, 5.41) is 9.10. The van der Waals surface area contributed by atoms with Gasteiger partial charge in [-0.25, -0.2) is 9.78 Å². The summed E-state index contributed by atoms with van der Waals surface area (Å²) in [6.07, 6.45) is 1.40. The highest BCUT2D eigenvalue weighted by Gasteiger charge is 2.18. The van der Waals surface area contributed by atoms with Gasteiger partial charge in [0.25, 0.3) is 0 Å². The van der Waals surface area contributed by atoms with Crippen LogP contribution in [0.1, 0.15) is 23.0 Å². The summed E-state index contributed by atoms with van der Waals surface area (Å²) < 4.78 is 11.0. The average molecular weight is 273 g/mol. The number of pyridine rings is 1. The first kappa shape index (κ1) is 13.9. The number of hydrogen-bond acceptors (Lipinski definition) is 4. The molecule has 0 atom stereocenters. The Morgan fingerprint density at radius 2 is 1.95 bits per heavy atom. The second-order valence-electron chi connectivity index (χ2n) is 4.00. The topological polar surface area (TPSA) is 68.7 Å². The molecule has 0 saturated heterocycles. The Labute approximate surface area is 116 Å². The number of aromatic carboxylic acids is 1. The normalized spacial score (nSPS) is 10.1. The Bertz CT molecular complexity index is 584. The Morgan fingerprint density at radius 3 is 2.60 bits per heavy atom. The molecule has 1 heterocycles. The van der Waals surface area contributed by atoms with Gasteiger partial charge in [-0.2, -0.15) is 0 Å². The van der Waals surface area contributed by atoms with Crippen molar-refractivity contribution in [3.05, 3.63) is 53.9 Å². The first-order valence-corrected chi connectivity index (χ1v) is 6.24. The minimum atomic E-state index is -1.14. The number of carboxylic acid groups (broad SMARTS) is 1. The van der Waals surface area contributed by atoms with Gasteiger partial charge in [0, 0.05) is 12.3 Å². The van der Waals surface area contributed by atoms with E-state index in [0.29, 0.717) is 19.0 Å². The molecular weight excluding hydrogens is 258 g/mol. The van der Waals surface area contributed by atoms with Crippen molar-refractivity contribution in [3.8, 4) is 11.5 Å². The van der Waals surface area contributed by atoms with E-state index in [0.717, 1.165) is 5.56 Å². The summed E-state index contributed by atoms with van der Waals surface area (Å²) in [7, 11) is 0. The lowest BCUT2D eigenvalue weighted by Crippen LogP contribution is -2.08. The van der Waals surface area contributed by atoms with Crippen molar-refractivity contribution < 1.29 is 19.4 Å². The van der Waals surface area contributed by atoms with E-state index < -0.39 is 5.97 Å². The molecule has 5 nitrogen and oxygen atoms in total. The third kappa shape index (κ3) is 3.26. The Hall–Kier alpha value is -2.56. The number of rotatable bonds is 6. The SMILES string of the molecule is CCOc1c(OCc2ccccc2)ccnc1C(=O)O. The van der Waals surface area contributed by atoms with Gasteiger partial charge in [0.1, 0.15) is 6.61 Å². The minimum absolute atomic E-state index is 0.141. The predicted molar refractivity (Wildman–Crippen MR) is 73.1 cm³/mol. The molecule has 0 aliphatic rings. The number of aromatic nitrogens is 1. The van der Waals surface area contributed by atoms with Gasteiger partial charge < -0.3 is 14.6 Å². The molecule has 20 heavy (non-hydrogen) atoms. The summed E-state index contributed by atoms with van der Waals surface area (Å²) >= 11 is 0. The van der Waals surface area contributed by atoms with Gasteiger partial charge in [-0.05, 0) is 12.5 Å². The largest absolute Gasteiger partial charge is 0.488 e. The number of nitrogens with zero attached hydrogens (tertiary/aromatic N) is 1. The number of benzene rings is 1. The minimum Gasteiger partial charge on any atom is -0.488 e. The molecule has 104 valence electrons. The molecule has 0 aliphatic carbocycles. The Morgan fingerprint density at radius 1 is 1.20 bits per heavy atom. The first-order chi connectivity index (χ1) is 9.72. The standard InChI is InChI=1S/C15H15NO4/c1-2-19-14-12(8-9-16-13(14)15(17)18)20-10-11-6-4-3-5-7-11/h3-9H,2,10H2,1H3,(H,17,18). The lowest BCUT2D eigenvalue weighted by molar-refractivity contribution is 0.0684. The Balaban J connectivity index is 2.22. The molecular formula is C15H15NO4. The number of carbonyl (C=O) groups is 1. The highest BCUT2D eigenvalue weighted by Crippen LogP contribution is 2.30. The molecule has 0 bridgehead atoms. The lowest BCUT2D eigenvalue weighted by Gasteiger charge is -2.13. The van der Waals surface area contributed by atoms with Crippen LogP contribution in [0.5, 0.6) is 11.5 Å². The van der Waals surface area contributed by atoms with Crippen molar-refractivity contribution in [3.63, 3.8) is 0 Å². The second-order valence-corrected chi connectivity index (χ2v) is 4.00. The smallest absolute Gasteiger partial charge is 0.358 e. The molecule has 0 spiro atoms. The molecule has 2 aromatic rings. The Kier molecular flexibility index (Phi) is 4.55. The molecule has 0 unspecified atom stereocenters. The van der Waals surface area contributed by atoms with Crippen LogP contribution < -0.4 is 9.47 Å². The summed E-state index contributed by atoms with van der Waals surface area (Å²) in [6, 6.07) is 11.2. The predicted octanol–water partition coefficient (Wildman–Crippen LogP) is 2.76. The van der Waals surface area contributed by atoms with Crippen LogP contribution >= 0.6 is 0 Å². The molecule has 0 aliphatic heterocycles. The van der Waals surface area contributed by atoms with Gasteiger partial charge in [0.2, 0.25) is 0 Å². The molecule has 1 aromatic carbocycles. The van der Waals surface area contributed by atoms with Gasteiger partial charge in [0.15, 0.2) is 17.2 Å². The fraction of sp³-hybridized carbons (Fsp3) is 0.200. The fourth-order valence-electron chi connectivity index (χ4n) is 1.72. The maximum Gasteiger partial charge on any atom is 0.358 e. The number of ether oxygens (including phenoxy) is 2. The van der Waals surface area contributed by atoms with Crippen LogP contribution in [0, 0.1) is 0 Å². The van der Waals surface area contributed by atoms with Crippen molar-refractivity contribution in [2.45, 2.75) is 13.5 Å². The number of carboxylic acids is 1. The molecule has 1 aromatic heterocycles. The van der Waals surface area contributed by atoms with Gasteiger partial charge in [0.05, 0.1) is 6.61 Å². The highest BCUT2D eigenvalue weighted by atomic mass is 16.5. The van der Waals surface area contributed by atoms with Crippen LogP contribution in [-0.2, 0) is 6.61 Å². The van der Waals surface area contributed by atoms with Crippen molar-refractivity contribution in [2.24, 2.45) is 0 Å². The van der Waals surface area contributed by atoms with Gasteiger partial charge in [-0.15, -0.1) is 0 Å². The molecule has 5 heteroatoms. The summed E-state index contributed by atoms with van der Waals surface area (Å²) in [4.78, 5) is 14.9. The average Bonchev–Trinajstić information content (AvgIpc) is 2.47. The molecule has 0 amide bonds. The monoisotopic (exact) mass is 273 g/mol. The third-order valence-corrected chi connectivity index (χ3v) is 2.60. The van der Waals surface area contributed by atoms with Crippen molar-refractivity contribution in [1.29, 1.82) is 0 Å². The van der Waals surface area contributed by atoms with Gasteiger partial charge in [-0.3, -0.25) is 0 Å². The number of hydrogen-bond donors (Lipinski definition) is 1. The maximum atomic E-state index is 11.1. The van der Waals surface area contributed by atoms with E-state index in [1.807, 2.05) is 30.3 Å². The highest BCUT2D eigenvalue weighted by molar-refractivity contribution is 5.89. The summed E-state index contributed by atoms with van der Waals surface area (Å²) in [5.74, 6) is -0.597. The quantitative estimate of drug-likeness (QED) is 0.876. The van der Waals surface area contributed by atoms with Crippen LogP contribution in [0.15, 0.2) is 42.6 Å². The van der Waals surface area contributed by atoms with E-state index in [-0.39, 0.29) is 11.4 Å². The van der Waals surface area contributed by atoms with Crippen LogP contribution in [0.2, 0.25) is 0 Å². The van der Waals surface area contributed by atoms with Crippen molar-refractivity contribution in [1.82, 2.24) is 4.98 Å². The van der Waals surface area contributed by atoms with Gasteiger partial charge in [-0.1, -0.05) is 30.3 Å². The summed E-state index contributed by atoms with van der Waals surface area (Å²) in [5.41, 5.74) is 0.848. The van der Waals surface area contributed by atoms with E-state index in [1.54, 1.807) is 13.0 Å². The van der Waals surface area contributed by atoms with Crippen LogP contribution in [0.25, 0.3) is 0 Å². The van der Waals surface area contributed by atoms with Crippen molar-refractivity contribution in [2.75, 3.05) is 6.61 Å². The zero-order valence-corrected chi connectivity index (χ0v) is 11.1. The van der Waals surface area contributed by atoms with E-state index in [9.17, 15) is 4.79 Å². The second kappa shape index (κ2) is 6.56. The molecule has 1 N–H and O–H groups in total. The zero-order valence-electron chi connectivity index (χ0n) is 11.1. The van der Waals surface area contributed by atoms with E-state index in [1.165, 1.54) is 6.20 Å². The zero-order chi connectivity index (χ0) is 14.4. The lowest BCUT2D eigenvalue weighted by atomic mass is 10.2. The van der Waals surface area contributed by atoms with Crippen LogP contribution in [0.3, 0.4) is 0 Å². The molecule has 0 fully saturated rings. The van der Waals surface area contributed by atoms with Gasteiger partial charge >= 0.3 is 5.97 Å². The van der Waals surface area contributed by atoms with E-state index in [4.69, 9.17) is 14.6 Å². The van der Waals surface area contributed by atoms with Crippen LogP contribution in [0.4, 0.5) is 0 Å². The first-order valence-electron chi connectivity index (χ1n) is 6.24. The molecule has 2 rings (SSSR count). The summed E-state index contributed by atoms with van der Waals surface area (Å²) in [6.45, 7) is 2.46. The fourth-order valence-corrected chi connectivity index (χ4v) is 1.72. The van der Waals surface area contributed by atoms with Crippen molar-refractivity contribution >= 4 is 5.97 Å². The molecule has 0 saturated carbocycles. The molecule has 0 radical (unpaired) electrons.